The van der Waals surface area contributed by atoms with Crippen LogP contribution < -0.4 is 0 Å². The Hall–Kier alpha value is -1.28. The molecule has 2 aliphatic rings. The van der Waals surface area contributed by atoms with Crippen molar-refractivity contribution in [2.24, 2.45) is 23.2 Å². The molecular weight excluding hydrogens is 544 g/mol. The van der Waals surface area contributed by atoms with E-state index in [2.05, 4.69) is 37.8 Å². The molecule has 0 aromatic carbocycles. The zero-order chi connectivity index (χ0) is 30.6. The average Bonchev–Trinajstić information content (AvgIpc) is 3.20. The van der Waals surface area contributed by atoms with Crippen molar-refractivity contribution in [2.75, 3.05) is 0 Å². The highest BCUT2D eigenvalue weighted by Crippen LogP contribution is 2.48. The van der Waals surface area contributed by atoms with Crippen molar-refractivity contribution in [3.05, 3.63) is 24.3 Å². The Morgan fingerprint density at radius 2 is 1.62 bits per heavy atom. The number of carboxylic acid groups (broad SMARTS) is 1. The van der Waals surface area contributed by atoms with E-state index in [0.717, 1.165) is 38.5 Å². The van der Waals surface area contributed by atoms with Crippen molar-refractivity contribution in [2.45, 2.75) is 166 Å². The summed E-state index contributed by atoms with van der Waals surface area (Å²) in [4.78, 5) is 11.7. The molecule has 2 fully saturated rings. The summed E-state index contributed by atoms with van der Waals surface area (Å²) in [7, 11) is 0. The maximum atomic E-state index is 11.7. The molecule has 6 atom stereocenters. The van der Waals surface area contributed by atoms with Gasteiger partial charge in [0.2, 0.25) is 0 Å². The number of aliphatic hydroxyl groups is 2. The van der Waals surface area contributed by atoms with Crippen LogP contribution in [0.4, 0.5) is 0 Å². The minimum absolute atomic E-state index is 0.0171. The van der Waals surface area contributed by atoms with Gasteiger partial charge in [0.1, 0.15) is 5.92 Å². The minimum atomic E-state index is -0.839. The third-order valence-corrected chi connectivity index (χ3v) is 10.5. The molecule has 2 rings (SSSR count). The third kappa shape index (κ3) is 13.2. The summed E-state index contributed by atoms with van der Waals surface area (Å²) in [6.45, 7) is 4.42. The molecule has 240 valence electrons. The van der Waals surface area contributed by atoms with Crippen LogP contribution in [0.15, 0.2) is 24.3 Å². The van der Waals surface area contributed by atoms with Crippen LogP contribution in [0.2, 0.25) is 0 Å². The first kappa shape index (κ1) is 36.9. The summed E-state index contributed by atoms with van der Waals surface area (Å²) in [6.07, 6.45) is 30.1. The number of aliphatic carboxylic acids is 1. The van der Waals surface area contributed by atoms with E-state index < -0.39 is 18.0 Å². The summed E-state index contributed by atoms with van der Waals surface area (Å²) in [5.41, 5.74) is 0.0840. The van der Waals surface area contributed by atoms with E-state index >= 15 is 0 Å². The fourth-order valence-electron chi connectivity index (χ4n) is 6.80. The number of unbranched alkanes of at least 4 members (excludes halogenated alkanes) is 11. The van der Waals surface area contributed by atoms with Gasteiger partial charge in [-0.25, -0.2) is 0 Å². The molecule has 0 saturated heterocycles. The van der Waals surface area contributed by atoms with E-state index in [4.69, 9.17) is 11.6 Å². The number of aliphatic hydroxyl groups excluding tert-OH is 2. The Bertz CT molecular complexity index is 846. The molecular formula is C37H61ClO4. The maximum absolute atomic E-state index is 11.7. The van der Waals surface area contributed by atoms with E-state index in [1.807, 2.05) is 12.2 Å². The van der Waals surface area contributed by atoms with Crippen molar-refractivity contribution in [3.8, 4) is 11.8 Å². The number of carboxylic acids is 1. The van der Waals surface area contributed by atoms with Gasteiger partial charge in [0.15, 0.2) is 0 Å². The van der Waals surface area contributed by atoms with E-state index in [0.29, 0.717) is 25.7 Å². The Labute approximate surface area is 262 Å². The van der Waals surface area contributed by atoms with Gasteiger partial charge in [0.25, 0.3) is 0 Å². The largest absolute Gasteiger partial charge is 0.480 e. The highest BCUT2D eigenvalue weighted by molar-refractivity contribution is 6.21. The summed E-state index contributed by atoms with van der Waals surface area (Å²) in [5, 5.41) is 30.8. The molecule has 0 spiro atoms. The highest BCUT2D eigenvalue weighted by atomic mass is 35.5. The van der Waals surface area contributed by atoms with E-state index in [9.17, 15) is 20.1 Å². The van der Waals surface area contributed by atoms with Crippen LogP contribution in [0.3, 0.4) is 0 Å². The summed E-state index contributed by atoms with van der Waals surface area (Å²) in [5.74, 6) is 4.77. The second-order valence-electron chi connectivity index (χ2n) is 13.1. The van der Waals surface area contributed by atoms with Crippen LogP contribution in [-0.4, -0.2) is 38.9 Å². The van der Waals surface area contributed by atoms with Crippen LogP contribution in [0, 0.1) is 35.0 Å². The van der Waals surface area contributed by atoms with Crippen molar-refractivity contribution in [1.29, 1.82) is 0 Å². The molecule has 42 heavy (non-hydrogen) atoms. The van der Waals surface area contributed by atoms with Gasteiger partial charge in [-0.3, -0.25) is 4.79 Å². The van der Waals surface area contributed by atoms with Gasteiger partial charge in [-0.05, 0) is 69.1 Å². The lowest BCUT2D eigenvalue weighted by molar-refractivity contribution is -0.139. The first-order valence-electron chi connectivity index (χ1n) is 17.4. The predicted molar refractivity (Wildman–Crippen MR) is 177 cm³/mol. The molecule has 2 saturated carbocycles. The predicted octanol–water partition coefficient (Wildman–Crippen LogP) is 9.61. The molecule has 0 radical (unpaired) electrons. The molecule has 2 aliphatic carbocycles. The summed E-state index contributed by atoms with van der Waals surface area (Å²) < 4.78 is 0. The Morgan fingerprint density at radius 1 is 0.976 bits per heavy atom. The van der Waals surface area contributed by atoms with Crippen LogP contribution >= 0.6 is 11.6 Å². The number of carbonyl (C=O) groups is 1. The Kier molecular flexibility index (Phi) is 18.8. The third-order valence-electron chi connectivity index (χ3n) is 10.0. The molecule has 4 nitrogen and oxygen atoms in total. The molecule has 0 aromatic rings. The lowest BCUT2D eigenvalue weighted by atomic mass is 9.63. The Balaban J connectivity index is 1.65. The van der Waals surface area contributed by atoms with Crippen LogP contribution in [0.1, 0.15) is 149 Å². The molecule has 0 aliphatic heterocycles. The average molecular weight is 605 g/mol. The molecule has 0 heterocycles. The maximum Gasteiger partial charge on any atom is 0.318 e. The zero-order valence-electron chi connectivity index (χ0n) is 26.8. The van der Waals surface area contributed by atoms with Crippen molar-refractivity contribution in [3.63, 3.8) is 0 Å². The van der Waals surface area contributed by atoms with Crippen molar-refractivity contribution in [1.82, 2.24) is 0 Å². The summed E-state index contributed by atoms with van der Waals surface area (Å²) >= 11 is 6.61. The highest BCUT2D eigenvalue weighted by Gasteiger charge is 2.42. The number of allylic oxidation sites excluding steroid dienone is 2. The number of halogens is 1. The first-order valence-corrected chi connectivity index (χ1v) is 17.8. The number of hydrogen-bond donors (Lipinski definition) is 3. The lowest BCUT2D eigenvalue weighted by Gasteiger charge is -2.45. The molecule has 5 heteroatoms. The quantitative estimate of drug-likeness (QED) is 0.0497. The van der Waals surface area contributed by atoms with E-state index in [1.54, 1.807) is 0 Å². The minimum Gasteiger partial charge on any atom is -0.480 e. The lowest BCUT2D eigenvalue weighted by Crippen LogP contribution is -2.40. The summed E-state index contributed by atoms with van der Waals surface area (Å²) in [6, 6.07) is 0. The Morgan fingerprint density at radius 3 is 2.19 bits per heavy atom. The van der Waals surface area contributed by atoms with Gasteiger partial charge >= 0.3 is 5.97 Å². The number of rotatable bonds is 22. The van der Waals surface area contributed by atoms with Gasteiger partial charge in [-0.15, -0.1) is 17.5 Å². The van der Waals surface area contributed by atoms with E-state index in [-0.39, 0.29) is 28.7 Å². The topological polar surface area (TPSA) is 77.8 Å². The standard InChI is InChI=1S/C37H61ClO4/c1-3-5-6-7-8-9-10-11-12-13-14-15-17-22-30(36(41)42)23-18-16-19-24-31-32(34(39)29-33(31)38)25-20-26-35(40)37(4-2)27-21-28-37/h16,19-20,25,30-35,39-40H,3-15,18,21,23-24,26-29H2,1-2H3,(H,41,42)/t30?,31-,32-,33-,34-,35+/m1/s1. The smallest absolute Gasteiger partial charge is 0.318 e. The van der Waals surface area contributed by atoms with Crippen LogP contribution in [0.25, 0.3) is 0 Å². The van der Waals surface area contributed by atoms with Gasteiger partial charge < -0.3 is 15.3 Å². The molecule has 3 N–H and O–H groups in total. The van der Waals surface area contributed by atoms with Gasteiger partial charge in [0, 0.05) is 17.7 Å². The van der Waals surface area contributed by atoms with Gasteiger partial charge in [0.05, 0.1) is 12.2 Å². The fourth-order valence-corrected chi connectivity index (χ4v) is 7.25. The molecule has 0 amide bonds. The van der Waals surface area contributed by atoms with Crippen molar-refractivity contribution < 1.29 is 20.1 Å². The van der Waals surface area contributed by atoms with Gasteiger partial charge in [-0.1, -0.05) is 115 Å². The monoisotopic (exact) mass is 604 g/mol. The van der Waals surface area contributed by atoms with E-state index in [1.165, 1.54) is 70.6 Å². The SMILES string of the molecule is CCCCCCCCCCCCCC#CC(CCC=CC[C@@H]1[C@@H](C=CC[C@H](O)C2(CC)CCC2)[C@H](O)C[C@H]1Cl)C(=O)O. The second-order valence-corrected chi connectivity index (χ2v) is 13.7. The zero-order valence-corrected chi connectivity index (χ0v) is 27.5. The normalized spacial score (nSPS) is 24.9. The van der Waals surface area contributed by atoms with Gasteiger partial charge in [-0.2, -0.15) is 0 Å². The number of alkyl halides is 1. The fraction of sp³-hybridized carbons (Fsp3) is 0.811. The van der Waals surface area contributed by atoms with Crippen LogP contribution in [-0.2, 0) is 4.79 Å². The molecule has 0 bridgehead atoms. The molecule has 1 unspecified atom stereocenters. The number of hydrogen-bond acceptors (Lipinski definition) is 3. The first-order chi connectivity index (χ1) is 20.3. The second kappa shape index (κ2) is 21.4. The van der Waals surface area contributed by atoms with Crippen LogP contribution in [0.5, 0.6) is 0 Å². The van der Waals surface area contributed by atoms with Crippen molar-refractivity contribution >= 4 is 17.6 Å². The molecule has 0 aromatic heterocycles.